The number of nitrogens with one attached hydrogen (secondary N) is 1. The number of hydrogen-bond donors (Lipinski definition) is 1. The van der Waals surface area contributed by atoms with E-state index in [0.717, 1.165) is 0 Å². The van der Waals surface area contributed by atoms with Crippen LogP contribution in [0.2, 0.25) is 0 Å². The molecule has 0 heterocycles. The summed E-state index contributed by atoms with van der Waals surface area (Å²) in [6.45, 7) is 9.37. The normalized spacial score (nSPS) is 10.6. The van der Waals surface area contributed by atoms with E-state index in [9.17, 15) is 14.4 Å². The maximum atomic E-state index is 12.1. The number of carbonyl (C=O) groups excluding carboxylic acids is 3. The van der Waals surface area contributed by atoms with Gasteiger partial charge in [0, 0.05) is 17.6 Å². The first kappa shape index (κ1) is 21.5. The second-order valence-electron chi connectivity index (χ2n) is 6.29. The van der Waals surface area contributed by atoms with Gasteiger partial charge in [-0.1, -0.05) is 0 Å². The van der Waals surface area contributed by atoms with Crippen LogP contribution in [0.25, 0.3) is 0 Å². The van der Waals surface area contributed by atoms with Gasteiger partial charge in [-0.3, -0.25) is 14.4 Å². The van der Waals surface area contributed by atoms with Crippen molar-refractivity contribution in [2.75, 3.05) is 19.8 Å². The number of amides is 2. The molecular formula is C19H28N2O5. The lowest BCUT2D eigenvalue weighted by molar-refractivity contribution is -0.152. The van der Waals surface area contributed by atoms with Crippen LogP contribution in [-0.4, -0.2) is 54.5 Å². The zero-order chi connectivity index (χ0) is 19.7. The van der Waals surface area contributed by atoms with Crippen molar-refractivity contribution in [3.05, 3.63) is 29.8 Å². The minimum absolute atomic E-state index is 0.0144. The average Bonchev–Trinajstić information content (AvgIpc) is 2.58. The molecule has 0 saturated carbocycles. The Kier molecular flexibility index (Phi) is 8.61. The Bertz CT molecular complexity index is 603. The monoisotopic (exact) mass is 364 g/mol. The molecule has 0 unspecified atom stereocenters. The van der Waals surface area contributed by atoms with Gasteiger partial charge in [-0.05, 0) is 58.9 Å². The number of rotatable bonds is 9. The number of carbonyl (C=O) groups is 3. The largest absolute Gasteiger partial charge is 0.494 e. The molecule has 0 fully saturated rings. The van der Waals surface area contributed by atoms with Crippen molar-refractivity contribution in [3.8, 4) is 5.75 Å². The lowest BCUT2D eigenvalue weighted by Crippen LogP contribution is -2.44. The van der Waals surface area contributed by atoms with Crippen molar-refractivity contribution < 1.29 is 23.9 Å². The minimum Gasteiger partial charge on any atom is -0.494 e. The maximum Gasteiger partial charge on any atom is 0.325 e. The number of hydrogen-bond acceptors (Lipinski definition) is 5. The molecule has 1 N–H and O–H groups in total. The molecule has 2 amide bonds. The van der Waals surface area contributed by atoms with Crippen LogP contribution >= 0.6 is 0 Å². The topological polar surface area (TPSA) is 84.9 Å². The van der Waals surface area contributed by atoms with Crippen molar-refractivity contribution in [1.29, 1.82) is 0 Å². The zero-order valence-electron chi connectivity index (χ0n) is 16.1. The molecule has 144 valence electrons. The lowest BCUT2D eigenvalue weighted by Gasteiger charge is -2.30. The lowest BCUT2D eigenvalue weighted by atomic mass is 10.2. The quantitative estimate of drug-likeness (QED) is 0.678. The van der Waals surface area contributed by atoms with Crippen molar-refractivity contribution in [2.24, 2.45) is 0 Å². The fourth-order valence-electron chi connectivity index (χ4n) is 2.56. The highest BCUT2D eigenvalue weighted by Gasteiger charge is 2.21. The molecule has 0 aliphatic rings. The molecular weight excluding hydrogens is 336 g/mol. The van der Waals surface area contributed by atoms with E-state index in [2.05, 4.69) is 5.32 Å². The zero-order valence-corrected chi connectivity index (χ0v) is 16.1. The molecule has 0 radical (unpaired) electrons. The molecule has 0 aliphatic carbocycles. The molecule has 7 nitrogen and oxygen atoms in total. The molecule has 0 aliphatic heterocycles. The van der Waals surface area contributed by atoms with Crippen molar-refractivity contribution >= 4 is 17.8 Å². The van der Waals surface area contributed by atoms with Gasteiger partial charge in [-0.2, -0.15) is 0 Å². The van der Waals surface area contributed by atoms with Crippen LogP contribution in [0.3, 0.4) is 0 Å². The van der Waals surface area contributed by atoms with E-state index in [4.69, 9.17) is 9.47 Å². The highest BCUT2D eigenvalue weighted by Crippen LogP contribution is 2.12. The Hall–Kier alpha value is -2.57. The summed E-state index contributed by atoms with van der Waals surface area (Å²) in [4.78, 5) is 37.5. The summed E-state index contributed by atoms with van der Waals surface area (Å²) in [5, 5.41) is 2.47. The van der Waals surface area contributed by atoms with E-state index < -0.39 is 11.9 Å². The number of nitrogens with zero attached hydrogens (tertiary/aromatic N) is 1. The highest BCUT2D eigenvalue weighted by molar-refractivity contribution is 5.96. The molecule has 0 aromatic heterocycles. The van der Waals surface area contributed by atoms with E-state index in [1.54, 1.807) is 29.2 Å². The van der Waals surface area contributed by atoms with Crippen LogP contribution in [-0.2, 0) is 14.3 Å². The van der Waals surface area contributed by atoms with Gasteiger partial charge in [-0.15, -0.1) is 0 Å². The van der Waals surface area contributed by atoms with E-state index in [-0.39, 0.29) is 31.1 Å². The van der Waals surface area contributed by atoms with Gasteiger partial charge in [0.1, 0.15) is 12.3 Å². The Labute approximate surface area is 154 Å². The summed E-state index contributed by atoms with van der Waals surface area (Å²) in [7, 11) is 0. The standard InChI is InChI=1S/C19H28N2O5/c1-6-25-16-9-7-15(8-10-16)19(24)20-11-18(23)26-12-17(22)21(13(2)3)14(4)5/h7-10,13-14H,6,11-12H2,1-5H3,(H,20,24). The summed E-state index contributed by atoms with van der Waals surface area (Å²) >= 11 is 0. The Morgan fingerprint density at radius 1 is 1.04 bits per heavy atom. The fourth-order valence-corrected chi connectivity index (χ4v) is 2.56. The fraction of sp³-hybridized carbons (Fsp3) is 0.526. The third-order valence-electron chi connectivity index (χ3n) is 3.58. The molecule has 1 rings (SSSR count). The third-order valence-corrected chi connectivity index (χ3v) is 3.58. The molecule has 0 bridgehead atoms. The van der Waals surface area contributed by atoms with Gasteiger partial charge in [-0.25, -0.2) is 0 Å². The smallest absolute Gasteiger partial charge is 0.325 e. The SMILES string of the molecule is CCOc1ccc(C(=O)NCC(=O)OCC(=O)N(C(C)C)C(C)C)cc1. The van der Waals surface area contributed by atoms with Crippen LogP contribution in [0, 0.1) is 0 Å². The number of esters is 1. The van der Waals surface area contributed by atoms with E-state index in [1.165, 1.54) is 0 Å². The maximum absolute atomic E-state index is 12.1. The van der Waals surface area contributed by atoms with E-state index in [0.29, 0.717) is 17.9 Å². The van der Waals surface area contributed by atoms with Crippen molar-refractivity contribution in [1.82, 2.24) is 10.2 Å². The van der Waals surface area contributed by atoms with Crippen LogP contribution < -0.4 is 10.1 Å². The van der Waals surface area contributed by atoms with E-state index in [1.807, 2.05) is 34.6 Å². The van der Waals surface area contributed by atoms with Crippen LogP contribution in [0.1, 0.15) is 45.0 Å². The number of benzene rings is 1. The molecule has 1 aromatic rings. The summed E-state index contributed by atoms with van der Waals surface area (Å²) in [6, 6.07) is 6.61. The Balaban J connectivity index is 2.43. The second kappa shape index (κ2) is 10.4. The van der Waals surface area contributed by atoms with E-state index >= 15 is 0 Å². The van der Waals surface area contributed by atoms with Gasteiger partial charge in [0.15, 0.2) is 6.61 Å². The van der Waals surface area contributed by atoms with Crippen molar-refractivity contribution in [2.45, 2.75) is 46.7 Å². The first-order valence-corrected chi connectivity index (χ1v) is 8.74. The molecule has 26 heavy (non-hydrogen) atoms. The molecule has 1 aromatic carbocycles. The van der Waals surface area contributed by atoms with Gasteiger partial charge in [0.05, 0.1) is 6.61 Å². The van der Waals surface area contributed by atoms with Gasteiger partial charge >= 0.3 is 5.97 Å². The first-order valence-electron chi connectivity index (χ1n) is 8.74. The summed E-state index contributed by atoms with van der Waals surface area (Å²) in [6.07, 6.45) is 0. The highest BCUT2D eigenvalue weighted by atomic mass is 16.5. The molecule has 0 spiro atoms. The average molecular weight is 364 g/mol. The van der Waals surface area contributed by atoms with Gasteiger partial charge in [0.25, 0.3) is 11.8 Å². The second-order valence-corrected chi connectivity index (χ2v) is 6.29. The molecule has 7 heteroatoms. The summed E-state index contributed by atoms with van der Waals surface area (Å²) < 4.78 is 10.3. The summed E-state index contributed by atoms with van der Waals surface area (Å²) in [5.74, 6) is -0.657. The van der Waals surface area contributed by atoms with Crippen molar-refractivity contribution in [3.63, 3.8) is 0 Å². The Morgan fingerprint density at radius 2 is 1.62 bits per heavy atom. The minimum atomic E-state index is -0.662. The first-order chi connectivity index (χ1) is 12.3. The van der Waals surface area contributed by atoms with Crippen LogP contribution in [0.5, 0.6) is 5.75 Å². The summed E-state index contributed by atoms with van der Waals surface area (Å²) in [5.41, 5.74) is 0.406. The predicted molar refractivity (Wildman–Crippen MR) is 98.0 cm³/mol. The number of ether oxygens (including phenoxy) is 2. The molecule has 0 saturated heterocycles. The van der Waals surface area contributed by atoms with Crippen LogP contribution in [0.4, 0.5) is 0 Å². The third kappa shape index (κ3) is 6.74. The Morgan fingerprint density at radius 3 is 2.12 bits per heavy atom. The van der Waals surface area contributed by atoms with Gasteiger partial charge < -0.3 is 19.7 Å². The predicted octanol–water partition coefficient (Wildman–Crippen LogP) is 2.00. The molecule has 0 atom stereocenters. The van der Waals surface area contributed by atoms with Crippen LogP contribution in [0.15, 0.2) is 24.3 Å². The van der Waals surface area contributed by atoms with Gasteiger partial charge in [0.2, 0.25) is 0 Å².